The standard InChI is InChI=1S/C11H11N2/c1-2-13-9-11(8-12-13)10-6-4-3-5-7-10/h3-4,6-9H,2H2,1H3. The maximum absolute atomic E-state index is 4.21. The largest absolute Gasteiger partial charge is 0.272 e. The van der Waals surface area contributed by atoms with E-state index in [0.29, 0.717) is 0 Å². The van der Waals surface area contributed by atoms with Crippen molar-refractivity contribution in [2.45, 2.75) is 13.5 Å². The van der Waals surface area contributed by atoms with E-state index in [1.54, 1.807) is 0 Å². The molecular formula is C11H11N2. The minimum absolute atomic E-state index is 0.913. The van der Waals surface area contributed by atoms with Crippen molar-refractivity contribution in [1.82, 2.24) is 9.78 Å². The van der Waals surface area contributed by atoms with Crippen molar-refractivity contribution in [2.75, 3.05) is 0 Å². The summed E-state index contributed by atoms with van der Waals surface area (Å²) < 4.78 is 1.92. The van der Waals surface area contributed by atoms with Gasteiger partial charge in [0.1, 0.15) is 0 Å². The molecule has 2 rings (SSSR count). The third-order valence-corrected chi connectivity index (χ3v) is 2.00. The van der Waals surface area contributed by atoms with Crippen LogP contribution in [0.1, 0.15) is 6.92 Å². The van der Waals surface area contributed by atoms with Gasteiger partial charge < -0.3 is 0 Å². The van der Waals surface area contributed by atoms with Gasteiger partial charge in [-0.2, -0.15) is 5.10 Å². The molecule has 0 atom stereocenters. The Labute approximate surface area is 77.8 Å². The molecule has 0 aliphatic rings. The summed E-state index contributed by atoms with van der Waals surface area (Å²) in [6.45, 7) is 2.99. The van der Waals surface area contributed by atoms with Crippen LogP contribution in [0.25, 0.3) is 11.1 Å². The molecule has 0 saturated heterocycles. The first kappa shape index (κ1) is 8.05. The van der Waals surface area contributed by atoms with Gasteiger partial charge in [-0.25, -0.2) is 0 Å². The molecule has 1 aromatic heterocycles. The van der Waals surface area contributed by atoms with Crippen molar-refractivity contribution in [3.8, 4) is 11.1 Å². The number of nitrogens with zero attached hydrogens (tertiary/aromatic N) is 2. The Morgan fingerprint density at radius 2 is 2.38 bits per heavy atom. The van der Waals surface area contributed by atoms with Gasteiger partial charge in [-0.1, -0.05) is 18.2 Å². The normalized spacial score (nSPS) is 10.2. The van der Waals surface area contributed by atoms with E-state index in [1.165, 1.54) is 5.56 Å². The summed E-state index contributed by atoms with van der Waals surface area (Å²) in [6, 6.07) is 11.0. The van der Waals surface area contributed by atoms with Crippen LogP contribution < -0.4 is 0 Å². The number of hydrogen-bond acceptors (Lipinski definition) is 1. The highest BCUT2D eigenvalue weighted by molar-refractivity contribution is 5.60. The van der Waals surface area contributed by atoms with Crippen LogP contribution in [0.2, 0.25) is 0 Å². The summed E-state index contributed by atoms with van der Waals surface area (Å²) in [7, 11) is 0. The van der Waals surface area contributed by atoms with Crippen molar-refractivity contribution < 1.29 is 0 Å². The first-order chi connectivity index (χ1) is 6.40. The lowest BCUT2D eigenvalue weighted by atomic mass is 10.1. The van der Waals surface area contributed by atoms with Crippen LogP contribution in [-0.4, -0.2) is 9.78 Å². The van der Waals surface area contributed by atoms with Gasteiger partial charge in [-0.3, -0.25) is 4.68 Å². The Morgan fingerprint density at radius 1 is 1.46 bits per heavy atom. The highest BCUT2D eigenvalue weighted by atomic mass is 15.3. The third kappa shape index (κ3) is 1.61. The fourth-order valence-corrected chi connectivity index (χ4v) is 1.26. The average Bonchev–Trinajstić information content (AvgIpc) is 2.67. The lowest BCUT2D eigenvalue weighted by molar-refractivity contribution is 0.660. The molecule has 0 fully saturated rings. The molecule has 0 spiro atoms. The van der Waals surface area contributed by atoms with Crippen molar-refractivity contribution in [1.29, 1.82) is 0 Å². The second-order valence-corrected chi connectivity index (χ2v) is 2.88. The maximum Gasteiger partial charge on any atom is 0.0568 e. The molecule has 0 saturated carbocycles. The van der Waals surface area contributed by atoms with Gasteiger partial charge in [0, 0.05) is 18.3 Å². The van der Waals surface area contributed by atoms with E-state index in [4.69, 9.17) is 0 Å². The summed E-state index contributed by atoms with van der Waals surface area (Å²) in [6.07, 6.45) is 3.93. The molecule has 0 amide bonds. The van der Waals surface area contributed by atoms with Gasteiger partial charge in [-0.15, -0.1) is 0 Å². The van der Waals surface area contributed by atoms with Crippen LogP contribution in [0.5, 0.6) is 0 Å². The van der Waals surface area contributed by atoms with E-state index in [9.17, 15) is 0 Å². The Balaban J connectivity index is 2.36. The number of aromatic nitrogens is 2. The summed E-state index contributed by atoms with van der Waals surface area (Å²) in [4.78, 5) is 0. The summed E-state index contributed by atoms with van der Waals surface area (Å²) >= 11 is 0. The molecule has 2 nitrogen and oxygen atoms in total. The lowest BCUT2D eigenvalue weighted by Crippen LogP contribution is -1.91. The molecule has 2 aromatic rings. The van der Waals surface area contributed by atoms with Crippen LogP contribution in [-0.2, 0) is 6.54 Å². The molecule has 0 aliphatic heterocycles. The molecular weight excluding hydrogens is 160 g/mol. The first-order valence-corrected chi connectivity index (χ1v) is 4.39. The van der Waals surface area contributed by atoms with Gasteiger partial charge >= 0.3 is 0 Å². The van der Waals surface area contributed by atoms with Gasteiger partial charge in [0.2, 0.25) is 0 Å². The molecule has 0 aliphatic carbocycles. The van der Waals surface area contributed by atoms with E-state index in [1.807, 2.05) is 35.3 Å². The third-order valence-electron chi connectivity index (χ3n) is 2.00. The fourth-order valence-electron chi connectivity index (χ4n) is 1.26. The molecule has 0 bridgehead atoms. The van der Waals surface area contributed by atoms with Crippen molar-refractivity contribution >= 4 is 0 Å². The van der Waals surface area contributed by atoms with E-state index in [-0.39, 0.29) is 0 Å². The molecule has 1 heterocycles. The van der Waals surface area contributed by atoms with Crippen LogP contribution in [0.3, 0.4) is 0 Å². The number of hydrogen-bond donors (Lipinski definition) is 0. The van der Waals surface area contributed by atoms with Crippen LogP contribution >= 0.6 is 0 Å². The molecule has 0 unspecified atom stereocenters. The van der Waals surface area contributed by atoms with Crippen molar-refractivity contribution in [3.05, 3.63) is 42.7 Å². The Morgan fingerprint density at radius 3 is 3.00 bits per heavy atom. The van der Waals surface area contributed by atoms with Crippen LogP contribution in [0.4, 0.5) is 0 Å². The zero-order valence-corrected chi connectivity index (χ0v) is 7.57. The van der Waals surface area contributed by atoms with E-state index in [2.05, 4.69) is 24.2 Å². The fraction of sp³-hybridized carbons (Fsp3) is 0.182. The molecule has 1 aromatic carbocycles. The highest BCUT2D eigenvalue weighted by Crippen LogP contribution is 2.16. The van der Waals surface area contributed by atoms with E-state index < -0.39 is 0 Å². The topological polar surface area (TPSA) is 17.8 Å². The highest BCUT2D eigenvalue weighted by Gasteiger charge is 1.98. The Kier molecular flexibility index (Phi) is 2.13. The average molecular weight is 171 g/mol. The summed E-state index contributed by atoms with van der Waals surface area (Å²) in [5.74, 6) is 0. The van der Waals surface area contributed by atoms with E-state index >= 15 is 0 Å². The lowest BCUT2D eigenvalue weighted by Gasteiger charge is -1.94. The summed E-state index contributed by atoms with van der Waals surface area (Å²) in [5, 5.41) is 4.21. The molecule has 65 valence electrons. The minimum Gasteiger partial charge on any atom is -0.272 e. The monoisotopic (exact) mass is 171 g/mol. The van der Waals surface area contributed by atoms with Crippen molar-refractivity contribution in [2.24, 2.45) is 0 Å². The van der Waals surface area contributed by atoms with Gasteiger partial charge in [0.05, 0.1) is 6.20 Å². The second-order valence-electron chi connectivity index (χ2n) is 2.88. The van der Waals surface area contributed by atoms with Crippen molar-refractivity contribution in [3.63, 3.8) is 0 Å². The quantitative estimate of drug-likeness (QED) is 0.678. The van der Waals surface area contributed by atoms with Crippen LogP contribution in [0.15, 0.2) is 36.7 Å². The number of benzene rings is 1. The van der Waals surface area contributed by atoms with Crippen LogP contribution in [0, 0.1) is 6.07 Å². The Hall–Kier alpha value is -1.57. The number of rotatable bonds is 2. The molecule has 13 heavy (non-hydrogen) atoms. The SMILES string of the molecule is CCn1cc(-c2c[c]ccc2)cn1. The second kappa shape index (κ2) is 3.44. The molecule has 1 radical (unpaired) electrons. The number of aryl methyl sites for hydroxylation is 1. The Bertz CT molecular complexity index is 376. The predicted octanol–water partition coefficient (Wildman–Crippen LogP) is 2.37. The predicted molar refractivity (Wildman–Crippen MR) is 52.2 cm³/mol. The van der Waals surface area contributed by atoms with Gasteiger partial charge in [0.25, 0.3) is 0 Å². The smallest absolute Gasteiger partial charge is 0.0568 e. The van der Waals surface area contributed by atoms with E-state index in [0.717, 1.165) is 12.1 Å². The van der Waals surface area contributed by atoms with Gasteiger partial charge in [-0.05, 0) is 24.6 Å². The van der Waals surface area contributed by atoms with Gasteiger partial charge in [0.15, 0.2) is 0 Å². The first-order valence-electron chi connectivity index (χ1n) is 4.39. The zero-order valence-electron chi connectivity index (χ0n) is 7.57. The summed E-state index contributed by atoms with van der Waals surface area (Å²) in [5.41, 5.74) is 2.32. The zero-order chi connectivity index (χ0) is 9.10. The molecule has 0 N–H and O–H groups in total. The maximum atomic E-state index is 4.21. The molecule has 2 heteroatoms. The minimum atomic E-state index is 0.913.